The van der Waals surface area contributed by atoms with E-state index < -0.39 is 0 Å². The molecule has 2 aromatic carbocycles. The van der Waals surface area contributed by atoms with E-state index in [4.69, 9.17) is 9.26 Å². The maximum Gasteiger partial charge on any atom is 0.324 e. The second kappa shape index (κ2) is 10.00. The Morgan fingerprint density at radius 1 is 1.03 bits per heavy atom. The number of carbonyl (C=O) groups is 1. The first-order valence-corrected chi connectivity index (χ1v) is 12.6. The summed E-state index contributed by atoms with van der Waals surface area (Å²) in [7, 11) is 0. The van der Waals surface area contributed by atoms with Gasteiger partial charge in [0.15, 0.2) is 11.6 Å². The van der Waals surface area contributed by atoms with Crippen LogP contribution >= 0.6 is 0 Å². The monoisotopic (exact) mass is 459 g/mol. The number of rotatable bonds is 8. The average Bonchev–Trinajstić information content (AvgIpc) is 3.51. The van der Waals surface area contributed by atoms with Crippen molar-refractivity contribution in [3.8, 4) is 16.9 Å². The van der Waals surface area contributed by atoms with Crippen LogP contribution in [0.15, 0.2) is 47.0 Å². The fourth-order valence-electron chi connectivity index (χ4n) is 5.10. The molecule has 0 bridgehead atoms. The molecule has 0 saturated carbocycles. The summed E-state index contributed by atoms with van der Waals surface area (Å²) in [5, 5.41) is 4.09. The summed E-state index contributed by atoms with van der Waals surface area (Å²) < 4.78 is 11.8. The van der Waals surface area contributed by atoms with Crippen LogP contribution in [0.2, 0.25) is 0 Å². The predicted molar refractivity (Wildman–Crippen MR) is 132 cm³/mol. The normalized spacial score (nSPS) is 18.1. The lowest BCUT2D eigenvalue weighted by molar-refractivity contribution is 0.0981. The molecule has 3 aromatic rings. The van der Waals surface area contributed by atoms with Crippen LogP contribution < -0.4 is 9.64 Å². The highest BCUT2D eigenvalue weighted by Crippen LogP contribution is 2.38. The van der Waals surface area contributed by atoms with Gasteiger partial charge in [-0.2, -0.15) is 4.98 Å². The Bertz CT molecular complexity index is 1130. The molecule has 3 heterocycles. The van der Waals surface area contributed by atoms with Crippen molar-refractivity contribution in [1.29, 1.82) is 0 Å². The summed E-state index contributed by atoms with van der Waals surface area (Å²) in [5.41, 5.74) is 4.38. The molecule has 0 spiro atoms. The van der Waals surface area contributed by atoms with E-state index in [1.807, 2.05) is 19.1 Å². The van der Waals surface area contributed by atoms with Gasteiger partial charge in [0, 0.05) is 37.9 Å². The van der Waals surface area contributed by atoms with Gasteiger partial charge in [-0.1, -0.05) is 49.3 Å². The van der Waals surface area contributed by atoms with Crippen molar-refractivity contribution in [2.75, 3.05) is 18.0 Å². The van der Waals surface area contributed by atoms with Crippen LogP contribution in [0, 0.1) is 5.92 Å². The molecule has 0 radical (unpaired) electrons. The van der Waals surface area contributed by atoms with E-state index in [1.54, 1.807) is 0 Å². The number of benzene rings is 2. The molecule has 0 amide bonds. The first kappa shape index (κ1) is 22.6. The van der Waals surface area contributed by atoms with E-state index in [0.29, 0.717) is 18.4 Å². The van der Waals surface area contributed by atoms with E-state index in [9.17, 15) is 4.79 Å². The van der Waals surface area contributed by atoms with E-state index in [-0.39, 0.29) is 11.9 Å². The molecule has 1 fully saturated rings. The molecule has 5 rings (SSSR count). The molecular weight excluding hydrogens is 426 g/mol. The molecule has 1 atom stereocenters. The maximum absolute atomic E-state index is 12.1. The number of ether oxygens (including phenoxy) is 1. The summed E-state index contributed by atoms with van der Waals surface area (Å²) in [6.45, 7) is 5.99. The number of nitrogens with zero attached hydrogens (tertiary/aromatic N) is 3. The van der Waals surface area contributed by atoms with Gasteiger partial charge in [-0.05, 0) is 60.4 Å². The van der Waals surface area contributed by atoms with Gasteiger partial charge in [0.25, 0.3) is 0 Å². The van der Waals surface area contributed by atoms with E-state index in [1.165, 1.54) is 11.1 Å². The number of aromatic nitrogens is 2. The summed E-state index contributed by atoms with van der Waals surface area (Å²) >= 11 is 0. The van der Waals surface area contributed by atoms with Gasteiger partial charge in [0.1, 0.15) is 11.9 Å². The zero-order valence-electron chi connectivity index (χ0n) is 20.1. The van der Waals surface area contributed by atoms with Crippen molar-refractivity contribution >= 4 is 11.8 Å². The van der Waals surface area contributed by atoms with Crippen molar-refractivity contribution in [2.45, 2.75) is 64.9 Å². The molecule has 2 aliphatic rings. The Balaban J connectivity index is 1.20. The Morgan fingerprint density at radius 3 is 2.53 bits per heavy atom. The number of piperidine rings is 1. The van der Waals surface area contributed by atoms with Crippen LogP contribution in [-0.2, 0) is 12.8 Å². The molecule has 6 heteroatoms. The van der Waals surface area contributed by atoms with Gasteiger partial charge in [-0.25, -0.2) is 0 Å². The summed E-state index contributed by atoms with van der Waals surface area (Å²) in [6.07, 6.45) is 6.65. The van der Waals surface area contributed by atoms with Crippen LogP contribution in [0.4, 0.5) is 6.01 Å². The minimum Gasteiger partial charge on any atom is -0.490 e. The summed E-state index contributed by atoms with van der Waals surface area (Å²) in [5.74, 6) is 2.54. The van der Waals surface area contributed by atoms with Crippen LogP contribution in [0.3, 0.4) is 0 Å². The van der Waals surface area contributed by atoms with Gasteiger partial charge in [-0.15, -0.1) is 0 Å². The van der Waals surface area contributed by atoms with Gasteiger partial charge in [0.2, 0.25) is 0 Å². The number of hydrogen-bond acceptors (Lipinski definition) is 6. The van der Waals surface area contributed by atoms with E-state index in [2.05, 4.69) is 52.3 Å². The standard InChI is InChI=1S/C28H33N3O3/c1-3-5-24(32)20-9-7-19(8-10-20)22-11-12-25-23(17-22)18-26(33-25)21-13-15-31(16-14-21)28-29-27(6-4-2)30-34-28/h7-12,17,21,26H,3-6,13-16,18H2,1-2H3. The molecule has 34 heavy (non-hydrogen) atoms. The van der Waals surface area contributed by atoms with Gasteiger partial charge >= 0.3 is 6.01 Å². The lowest BCUT2D eigenvalue weighted by Gasteiger charge is -2.33. The fraction of sp³-hybridized carbons (Fsp3) is 0.464. The Hall–Kier alpha value is -3.15. The third kappa shape index (κ3) is 4.72. The Labute approximate surface area is 201 Å². The highest BCUT2D eigenvalue weighted by molar-refractivity contribution is 5.96. The second-order valence-corrected chi connectivity index (χ2v) is 9.50. The molecule has 0 aliphatic carbocycles. The number of aryl methyl sites for hydroxylation is 1. The number of fused-ring (bicyclic) bond motifs is 1. The molecule has 6 nitrogen and oxygen atoms in total. The quantitative estimate of drug-likeness (QED) is 0.391. The lowest BCUT2D eigenvalue weighted by Crippen LogP contribution is -2.39. The lowest BCUT2D eigenvalue weighted by atomic mass is 9.88. The summed E-state index contributed by atoms with van der Waals surface area (Å²) in [6, 6.07) is 15.1. The SMILES string of the molecule is CCCC(=O)c1ccc(-c2ccc3c(c2)CC(C2CCN(c4nc(CCC)no4)CC2)O3)cc1. The van der Waals surface area contributed by atoms with Crippen LogP contribution in [0.1, 0.15) is 67.7 Å². The zero-order chi connectivity index (χ0) is 23.5. The minimum atomic E-state index is 0.214. The number of Topliss-reactive ketones (excluding diaryl/α,β-unsaturated/α-hetero) is 1. The van der Waals surface area contributed by atoms with Crippen LogP contribution in [0.25, 0.3) is 11.1 Å². The number of ketones is 1. The van der Waals surface area contributed by atoms with Crippen molar-refractivity contribution < 1.29 is 14.1 Å². The van der Waals surface area contributed by atoms with Crippen molar-refractivity contribution in [3.63, 3.8) is 0 Å². The van der Waals surface area contributed by atoms with Crippen LogP contribution in [0.5, 0.6) is 5.75 Å². The first-order valence-electron chi connectivity index (χ1n) is 12.6. The zero-order valence-corrected chi connectivity index (χ0v) is 20.1. The van der Waals surface area contributed by atoms with Crippen molar-refractivity contribution in [1.82, 2.24) is 10.1 Å². The van der Waals surface area contributed by atoms with Gasteiger partial charge < -0.3 is 14.2 Å². The number of carbonyl (C=O) groups excluding carboxylic acids is 1. The Morgan fingerprint density at radius 2 is 1.79 bits per heavy atom. The highest BCUT2D eigenvalue weighted by Gasteiger charge is 2.34. The van der Waals surface area contributed by atoms with E-state index in [0.717, 1.165) is 74.3 Å². The van der Waals surface area contributed by atoms with Gasteiger partial charge in [0.05, 0.1) is 0 Å². The average molecular weight is 460 g/mol. The predicted octanol–water partition coefficient (Wildman–Crippen LogP) is 5.89. The topological polar surface area (TPSA) is 68.5 Å². The minimum absolute atomic E-state index is 0.214. The molecule has 178 valence electrons. The fourth-order valence-corrected chi connectivity index (χ4v) is 5.10. The van der Waals surface area contributed by atoms with Crippen LogP contribution in [-0.4, -0.2) is 35.1 Å². The smallest absolute Gasteiger partial charge is 0.324 e. The molecule has 2 aliphatic heterocycles. The largest absolute Gasteiger partial charge is 0.490 e. The second-order valence-electron chi connectivity index (χ2n) is 9.50. The first-order chi connectivity index (χ1) is 16.6. The molecule has 1 aromatic heterocycles. The number of hydrogen-bond donors (Lipinski definition) is 0. The van der Waals surface area contributed by atoms with E-state index >= 15 is 0 Å². The Kier molecular flexibility index (Phi) is 6.66. The van der Waals surface area contributed by atoms with Gasteiger partial charge in [-0.3, -0.25) is 4.79 Å². The number of anilines is 1. The molecular formula is C28H33N3O3. The van der Waals surface area contributed by atoms with Crippen molar-refractivity contribution in [3.05, 3.63) is 59.4 Å². The molecule has 1 saturated heterocycles. The maximum atomic E-state index is 12.1. The third-order valence-electron chi connectivity index (χ3n) is 7.04. The molecule has 0 N–H and O–H groups in total. The summed E-state index contributed by atoms with van der Waals surface area (Å²) in [4.78, 5) is 18.9. The molecule has 1 unspecified atom stereocenters. The third-order valence-corrected chi connectivity index (χ3v) is 7.04. The van der Waals surface area contributed by atoms with Crippen molar-refractivity contribution in [2.24, 2.45) is 5.92 Å². The highest BCUT2D eigenvalue weighted by atomic mass is 16.5.